The fraction of sp³-hybridized carbons (Fsp3) is 0.286. The zero-order chi connectivity index (χ0) is 13.8. The number of aryl methyl sites for hydroxylation is 1. The first-order valence-corrected chi connectivity index (χ1v) is 6.01. The Morgan fingerprint density at radius 2 is 2.11 bits per heavy atom. The third-order valence-corrected chi connectivity index (χ3v) is 3.00. The van der Waals surface area contributed by atoms with Crippen LogP contribution in [0.25, 0.3) is 0 Å². The Balaban J connectivity index is 2.13. The number of rotatable bonds is 5. The molecule has 19 heavy (non-hydrogen) atoms. The van der Waals surface area contributed by atoms with Gasteiger partial charge in [0.2, 0.25) is 0 Å². The zero-order valence-electron chi connectivity index (χ0n) is 10.6. The van der Waals surface area contributed by atoms with Crippen molar-refractivity contribution in [2.75, 3.05) is 0 Å². The average Bonchev–Trinajstić information content (AvgIpc) is 2.76. The van der Waals surface area contributed by atoms with E-state index in [1.165, 1.54) is 6.07 Å². The summed E-state index contributed by atoms with van der Waals surface area (Å²) < 4.78 is 15.2. The first kappa shape index (κ1) is 13.3. The second kappa shape index (κ2) is 5.65. The van der Waals surface area contributed by atoms with Crippen molar-refractivity contribution in [1.82, 2.24) is 9.78 Å². The molecule has 1 atom stereocenters. The smallest absolute Gasteiger partial charge is 0.307 e. The van der Waals surface area contributed by atoms with E-state index in [0.29, 0.717) is 17.7 Å². The van der Waals surface area contributed by atoms with Crippen LogP contribution >= 0.6 is 0 Å². The summed E-state index contributed by atoms with van der Waals surface area (Å²) in [5, 5.41) is 13.4. The number of benzene rings is 1. The fourth-order valence-electron chi connectivity index (χ4n) is 2.00. The maximum atomic E-state index is 13.5. The number of aromatic nitrogens is 2. The molecule has 1 aromatic heterocycles. The molecule has 2 rings (SSSR count). The maximum absolute atomic E-state index is 13.5. The van der Waals surface area contributed by atoms with Gasteiger partial charge in [-0.2, -0.15) is 5.10 Å². The van der Waals surface area contributed by atoms with Crippen LogP contribution in [0.5, 0.6) is 0 Å². The quantitative estimate of drug-likeness (QED) is 0.897. The second-order valence-corrected chi connectivity index (χ2v) is 4.52. The molecular formula is C14H15FN2O2. The van der Waals surface area contributed by atoms with Gasteiger partial charge in [0, 0.05) is 19.7 Å². The summed E-state index contributed by atoms with van der Waals surface area (Å²) in [4.78, 5) is 11.3. The van der Waals surface area contributed by atoms with Gasteiger partial charge in [-0.3, -0.25) is 9.48 Å². The molecule has 1 N–H and O–H groups in total. The molecule has 0 saturated heterocycles. The number of hydrogen-bond acceptors (Lipinski definition) is 2. The summed E-state index contributed by atoms with van der Waals surface area (Å²) in [6.45, 7) is 0. The highest BCUT2D eigenvalue weighted by Crippen LogP contribution is 2.16. The van der Waals surface area contributed by atoms with Crippen LogP contribution in [-0.4, -0.2) is 20.9 Å². The van der Waals surface area contributed by atoms with E-state index in [1.54, 1.807) is 42.2 Å². The zero-order valence-corrected chi connectivity index (χ0v) is 10.6. The van der Waals surface area contributed by atoms with Gasteiger partial charge in [-0.25, -0.2) is 4.39 Å². The number of carbonyl (C=O) groups is 1. The van der Waals surface area contributed by atoms with Gasteiger partial charge < -0.3 is 5.11 Å². The number of aliphatic carboxylic acids is 1. The van der Waals surface area contributed by atoms with E-state index in [2.05, 4.69) is 5.10 Å². The molecule has 0 aliphatic rings. The summed E-state index contributed by atoms with van der Waals surface area (Å²) in [7, 11) is 1.77. The minimum atomic E-state index is -0.936. The van der Waals surface area contributed by atoms with Crippen LogP contribution in [0.1, 0.15) is 11.3 Å². The van der Waals surface area contributed by atoms with Crippen LogP contribution in [0.15, 0.2) is 36.5 Å². The third kappa shape index (κ3) is 3.40. The molecule has 0 spiro atoms. The van der Waals surface area contributed by atoms with Crippen LogP contribution in [0.3, 0.4) is 0 Å². The van der Waals surface area contributed by atoms with Gasteiger partial charge in [0.25, 0.3) is 0 Å². The van der Waals surface area contributed by atoms with E-state index in [4.69, 9.17) is 0 Å². The number of carboxylic acid groups (broad SMARTS) is 1. The third-order valence-electron chi connectivity index (χ3n) is 3.00. The molecule has 1 aromatic carbocycles. The molecule has 1 heterocycles. The lowest BCUT2D eigenvalue weighted by Crippen LogP contribution is -2.20. The standard InChI is InChI=1S/C14H15FN2O2/c1-17-7-6-12(16-17)9-11(14(18)19)8-10-4-2-3-5-13(10)15/h2-7,11H,8-9H2,1H3,(H,18,19). The lowest BCUT2D eigenvalue weighted by Gasteiger charge is -2.11. The molecule has 4 nitrogen and oxygen atoms in total. The topological polar surface area (TPSA) is 55.1 Å². The largest absolute Gasteiger partial charge is 0.481 e. The first-order chi connectivity index (χ1) is 9.06. The monoisotopic (exact) mass is 262 g/mol. The number of hydrogen-bond donors (Lipinski definition) is 1. The predicted octanol–water partition coefficient (Wildman–Crippen LogP) is 2.05. The van der Waals surface area contributed by atoms with E-state index in [0.717, 1.165) is 0 Å². The molecular weight excluding hydrogens is 247 g/mol. The van der Waals surface area contributed by atoms with Crippen molar-refractivity contribution in [2.45, 2.75) is 12.8 Å². The summed E-state index contributed by atoms with van der Waals surface area (Å²) >= 11 is 0. The molecule has 0 saturated carbocycles. The van der Waals surface area contributed by atoms with Gasteiger partial charge in [0.15, 0.2) is 0 Å². The fourth-order valence-corrected chi connectivity index (χ4v) is 2.00. The second-order valence-electron chi connectivity index (χ2n) is 4.52. The SMILES string of the molecule is Cn1ccc(CC(Cc2ccccc2F)C(=O)O)n1. The van der Waals surface area contributed by atoms with Gasteiger partial charge in [0.05, 0.1) is 11.6 Å². The van der Waals surface area contributed by atoms with Crippen LogP contribution in [0.2, 0.25) is 0 Å². The molecule has 0 bridgehead atoms. The molecule has 0 aliphatic heterocycles. The lowest BCUT2D eigenvalue weighted by atomic mass is 9.94. The average molecular weight is 262 g/mol. The van der Waals surface area contributed by atoms with Crippen LogP contribution < -0.4 is 0 Å². The molecule has 5 heteroatoms. The Bertz CT molecular complexity index is 580. The van der Waals surface area contributed by atoms with Crippen LogP contribution in [0, 0.1) is 11.7 Å². The molecule has 100 valence electrons. The molecule has 0 amide bonds. The minimum absolute atomic E-state index is 0.165. The van der Waals surface area contributed by atoms with E-state index in [-0.39, 0.29) is 12.2 Å². The Hall–Kier alpha value is -2.17. The number of nitrogens with zero attached hydrogens (tertiary/aromatic N) is 2. The number of carboxylic acids is 1. The summed E-state index contributed by atoms with van der Waals surface area (Å²) in [6.07, 6.45) is 2.22. The lowest BCUT2D eigenvalue weighted by molar-refractivity contribution is -0.141. The molecule has 0 radical (unpaired) electrons. The van der Waals surface area contributed by atoms with E-state index in [9.17, 15) is 14.3 Å². The summed E-state index contributed by atoms with van der Waals surface area (Å²) in [5.41, 5.74) is 1.12. The van der Waals surface area contributed by atoms with Gasteiger partial charge in [-0.1, -0.05) is 18.2 Å². The van der Waals surface area contributed by atoms with E-state index in [1.807, 2.05) is 0 Å². The van der Waals surface area contributed by atoms with Crippen molar-refractivity contribution < 1.29 is 14.3 Å². The molecule has 2 aromatic rings. The molecule has 0 aliphatic carbocycles. The Kier molecular flexibility index (Phi) is 3.94. The van der Waals surface area contributed by atoms with Gasteiger partial charge >= 0.3 is 5.97 Å². The Morgan fingerprint density at radius 3 is 2.68 bits per heavy atom. The van der Waals surface area contributed by atoms with Gasteiger partial charge in [-0.15, -0.1) is 0 Å². The van der Waals surface area contributed by atoms with Crippen LogP contribution in [0.4, 0.5) is 4.39 Å². The molecule has 0 fully saturated rings. The van der Waals surface area contributed by atoms with Crippen molar-refractivity contribution in [3.8, 4) is 0 Å². The van der Waals surface area contributed by atoms with E-state index < -0.39 is 11.9 Å². The maximum Gasteiger partial charge on any atom is 0.307 e. The minimum Gasteiger partial charge on any atom is -0.481 e. The summed E-state index contributed by atoms with van der Waals surface area (Å²) in [5.74, 6) is -1.98. The highest BCUT2D eigenvalue weighted by Gasteiger charge is 2.21. The van der Waals surface area contributed by atoms with Gasteiger partial charge in [0.1, 0.15) is 5.82 Å². The van der Waals surface area contributed by atoms with Crippen molar-refractivity contribution in [3.05, 3.63) is 53.6 Å². The van der Waals surface area contributed by atoms with Crippen LogP contribution in [-0.2, 0) is 24.7 Å². The summed E-state index contributed by atoms with van der Waals surface area (Å²) in [6, 6.07) is 8.03. The Labute approximate surface area is 110 Å². The normalized spacial score (nSPS) is 12.3. The van der Waals surface area contributed by atoms with E-state index >= 15 is 0 Å². The van der Waals surface area contributed by atoms with Crippen molar-refractivity contribution in [1.29, 1.82) is 0 Å². The highest BCUT2D eigenvalue weighted by atomic mass is 19.1. The van der Waals surface area contributed by atoms with Gasteiger partial charge in [-0.05, 0) is 24.1 Å². The van der Waals surface area contributed by atoms with Crippen molar-refractivity contribution in [3.63, 3.8) is 0 Å². The van der Waals surface area contributed by atoms with Crippen molar-refractivity contribution >= 4 is 5.97 Å². The first-order valence-electron chi connectivity index (χ1n) is 6.01. The molecule has 1 unspecified atom stereocenters. The van der Waals surface area contributed by atoms with Crippen molar-refractivity contribution in [2.24, 2.45) is 13.0 Å². The predicted molar refractivity (Wildman–Crippen MR) is 68.1 cm³/mol. The Morgan fingerprint density at radius 1 is 1.37 bits per heavy atom. The number of halogens is 1. The highest BCUT2D eigenvalue weighted by molar-refractivity contribution is 5.70.